The molecule has 22 heteroatoms. The van der Waals surface area contributed by atoms with Gasteiger partial charge in [-0.15, -0.1) is 0 Å². The van der Waals surface area contributed by atoms with E-state index < -0.39 is 160 Å². The summed E-state index contributed by atoms with van der Waals surface area (Å²) >= 11 is 0. The fraction of sp³-hybridized carbons (Fsp3) is 0.619. The molecule has 4 heterocycles. The first-order chi connectivity index (χ1) is 40.4. The lowest BCUT2D eigenvalue weighted by Gasteiger charge is -2.47. The molecule has 85 heavy (non-hydrogen) atoms. The number of aliphatic hydroxyl groups excluding tert-OH is 9. The number of hydrogen-bond acceptors (Lipinski definition) is 21. The first-order valence-corrected chi connectivity index (χ1v) is 29.6. The smallest absolute Gasteiger partial charge is 0.308 e. The fourth-order valence-electron chi connectivity index (χ4n) is 11.1. The Morgan fingerprint density at radius 1 is 0.729 bits per heavy atom. The zero-order chi connectivity index (χ0) is 62.2. The van der Waals surface area contributed by atoms with Crippen molar-refractivity contribution >= 4 is 29.1 Å². The lowest BCUT2D eigenvalue weighted by atomic mass is 9.81. The molecule has 19 unspecified atom stereocenters. The average Bonchev–Trinajstić information content (AvgIpc) is 1.91. The van der Waals surface area contributed by atoms with Crippen LogP contribution in [0.1, 0.15) is 108 Å². The van der Waals surface area contributed by atoms with E-state index in [4.69, 9.17) is 29.4 Å². The van der Waals surface area contributed by atoms with E-state index in [9.17, 15) is 70.2 Å². The van der Waals surface area contributed by atoms with Crippen LogP contribution in [0.4, 0.5) is 5.69 Å². The summed E-state index contributed by atoms with van der Waals surface area (Å²) in [5.74, 6) is -6.32. The summed E-state index contributed by atoms with van der Waals surface area (Å²) in [6.07, 6.45) is 3.42. The molecule has 0 radical (unpaired) electrons. The SMILES string of the molecule is CNc1ccc(C(=O)CC(O)CCC(C)C2OC(=O)CC(O)CC(=O)CC(O)CC(O)CC(O)CC(O)CC3(O)CC(O)C(C(=O)N4CCOCC4)C(CC(OC4OC(C)C(O)C(N)C4O)/C=C/C=C/C=C/C=C\C=C/C=C/C=C/C2C)O3)cc1. The number of benzene rings is 1. The number of morpholine rings is 1. The van der Waals surface area contributed by atoms with E-state index in [-0.39, 0.29) is 76.0 Å². The summed E-state index contributed by atoms with van der Waals surface area (Å²) in [5.41, 5.74) is 7.45. The first-order valence-electron chi connectivity index (χ1n) is 29.6. The Morgan fingerprint density at radius 3 is 1.91 bits per heavy atom. The quantitative estimate of drug-likeness (QED) is 0.112. The van der Waals surface area contributed by atoms with Crippen molar-refractivity contribution in [3.63, 3.8) is 0 Å². The average molecular weight is 1200 g/mol. The summed E-state index contributed by atoms with van der Waals surface area (Å²) in [4.78, 5) is 55.1. The second kappa shape index (κ2) is 35.6. The number of cyclic esters (lactones) is 1. The Kier molecular flexibility index (Phi) is 29.6. The number of anilines is 1. The largest absolute Gasteiger partial charge is 0.461 e. The number of fused-ring (bicyclic) bond motifs is 2. The molecule has 1 aromatic rings. The van der Waals surface area contributed by atoms with Crippen LogP contribution >= 0.6 is 0 Å². The highest BCUT2D eigenvalue weighted by atomic mass is 16.7. The van der Waals surface area contributed by atoms with Gasteiger partial charge in [-0.3, -0.25) is 19.2 Å². The van der Waals surface area contributed by atoms with Crippen molar-refractivity contribution in [2.24, 2.45) is 23.5 Å². The van der Waals surface area contributed by atoms with Crippen LogP contribution in [0, 0.1) is 17.8 Å². The number of carbonyl (C=O) groups is 4. The predicted molar refractivity (Wildman–Crippen MR) is 315 cm³/mol. The van der Waals surface area contributed by atoms with Gasteiger partial charge in [0, 0.05) is 75.8 Å². The fourth-order valence-corrected chi connectivity index (χ4v) is 11.1. The number of nitrogens with two attached hydrogens (primary N) is 1. The topological polar surface area (TPSA) is 358 Å². The van der Waals surface area contributed by atoms with Crippen LogP contribution in [0.15, 0.2) is 109 Å². The minimum Gasteiger partial charge on any atom is -0.461 e. The van der Waals surface area contributed by atoms with Gasteiger partial charge in [-0.2, -0.15) is 0 Å². The van der Waals surface area contributed by atoms with E-state index >= 15 is 0 Å². The Morgan fingerprint density at radius 2 is 1.29 bits per heavy atom. The molecular formula is C63H93N3O19. The first kappa shape index (κ1) is 70.6. The molecule has 4 aliphatic heterocycles. The Labute approximate surface area is 498 Å². The molecule has 3 saturated heterocycles. The normalized spacial score (nSPS) is 37.6. The third kappa shape index (κ3) is 23.8. The zero-order valence-corrected chi connectivity index (χ0v) is 49.3. The number of ether oxygens (including phenoxy) is 5. The number of Topliss-reactive ketones (excluding diaryl/α,β-unsaturated/α-hetero) is 2. The van der Waals surface area contributed by atoms with Gasteiger partial charge < -0.3 is 90.7 Å². The second-order valence-electron chi connectivity index (χ2n) is 23.0. The molecule has 0 aromatic heterocycles. The molecular weight excluding hydrogens is 1100 g/mol. The van der Waals surface area contributed by atoms with Gasteiger partial charge in [0.05, 0.1) is 98.7 Å². The van der Waals surface area contributed by atoms with E-state index in [1.807, 2.05) is 19.9 Å². The molecule has 1 aromatic carbocycles. The molecule has 0 spiro atoms. The van der Waals surface area contributed by atoms with Gasteiger partial charge in [0.15, 0.2) is 17.9 Å². The molecule has 4 aliphatic rings. The van der Waals surface area contributed by atoms with Crippen molar-refractivity contribution in [3.8, 4) is 0 Å². The number of nitrogens with one attached hydrogen (secondary N) is 1. The van der Waals surface area contributed by atoms with Crippen molar-refractivity contribution in [1.29, 1.82) is 0 Å². The van der Waals surface area contributed by atoms with Gasteiger partial charge in [-0.05, 0) is 69.2 Å². The molecule has 474 valence electrons. The minimum absolute atomic E-state index is 0.102. The van der Waals surface area contributed by atoms with Gasteiger partial charge in [0.1, 0.15) is 18.0 Å². The summed E-state index contributed by atoms with van der Waals surface area (Å²) in [7, 11) is 1.77. The maximum atomic E-state index is 14.2. The summed E-state index contributed by atoms with van der Waals surface area (Å²) < 4.78 is 29.8. The maximum Gasteiger partial charge on any atom is 0.308 e. The molecule has 2 bridgehead atoms. The number of nitrogens with zero attached hydrogens (tertiary/aromatic N) is 1. The Balaban J connectivity index is 1.35. The maximum absolute atomic E-state index is 14.2. The predicted octanol–water partition coefficient (Wildman–Crippen LogP) is 2.52. The number of hydrogen-bond donors (Lipinski definition) is 12. The van der Waals surface area contributed by atoms with Gasteiger partial charge in [-0.25, -0.2) is 0 Å². The number of esters is 1. The van der Waals surface area contributed by atoms with E-state index in [1.54, 1.807) is 117 Å². The van der Waals surface area contributed by atoms with E-state index in [1.165, 1.54) is 4.90 Å². The molecule has 5 rings (SSSR count). The number of carbonyl (C=O) groups excluding carboxylic acids is 4. The van der Waals surface area contributed by atoms with Crippen LogP contribution in [-0.2, 0) is 38.1 Å². The summed E-state index contributed by atoms with van der Waals surface area (Å²) in [6, 6.07) is 5.78. The molecule has 1 amide bonds. The van der Waals surface area contributed by atoms with Crippen molar-refractivity contribution in [2.75, 3.05) is 38.7 Å². The van der Waals surface area contributed by atoms with Crippen LogP contribution in [0.5, 0.6) is 0 Å². The van der Waals surface area contributed by atoms with E-state index in [0.29, 0.717) is 12.0 Å². The van der Waals surface area contributed by atoms with E-state index in [0.717, 1.165) is 5.69 Å². The van der Waals surface area contributed by atoms with Crippen LogP contribution in [0.25, 0.3) is 0 Å². The lowest BCUT2D eigenvalue weighted by molar-refractivity contribution is -0.308. The number of allylic oxidation sites excluding steroid dienone is 12. The lowest BCUT2D eigenvalue weighted by Crippen LogP contribution is -2.62. The Hall–Kier alpha value is -5.12. The van der Waals surface area contributed by atoms with Gasteiger partial charge in [0.25, 0.3) is 0 Å². The van der Waals surface area contributed by atoms with Crippen LogP contribution in [0.3, 0.4) is 0 Å². The van der Waals surface area contributed by atoms with Gasteiger partial charge in [-0.1, -0.05) is 98.9 Å². The number of rotatable bonds is 11. The van der Waals surface area contributed by atoms with Crippen molar-refractivity contribution in [3.05, 3.63) is 115 Å². The third-order valence-corrected chi connectivity index (χ3v) is 15.7. The van der Waals surface area contributed by atoms with Crippen LogP contribution in [0.2, 0.25) is 0 Å². The molecule has 13 N–H and O–H groups in total. The minimum atomic E-state index is -2.28. The number of ketones is 2. The highest BCUT2D eigenvalue weighted by molar-refractivity contribution is 5.96. The van der Waals surface area contributed by atoms with Crippen molar-refractivity contribution in [1.82, 2.24) is 4.90 Å². The third-order valence-electron chi connectivity index (χ3n) is 15.7. The number of amides is 1. The van der Waals surface area contributed by atoms with Crippen molar-refractivity contribution in [2.45, 2.75) is 195 Å². The standard InChI is InChI=1S/C63H93N3O19/c1-39-17-15-13-11-9-7-5-6-8-10-12-14-16-18-51(83-62-59(78)57(64)58(77)41(3)82-62)36-54-56(61(79)66-25-27-81-28-26-66)53(75)38-63(80,85-54)37-50(73)33-48(71)31-46(69)29-45(68)30-47(70)32-49(72)35-55(76)84-60(39)40(2)19-24-44(67)34-52(74)42-20-22-43(65-4)23-21-42/h5-18,20-23,39-41,44-46,48-51,53-54,56-60,62,65,67-69,71-73,75,77-78,80H,19,24-38,64H2,1-4H3/b6-5-,9-7-,10-8+,13-11+,14-12+,17-15+,18-16+. The van der Waals surface area contributed by atoms with Crippen molar-refractivity contribution < 1.29 is 93.9 Å². The van der Waals surface area contributed by atoms with Gasteiger partial charge in [0.2, 0.25) is 5.91 Å². The van der Waals surface area contributed by atoms with Gasteiger partial charge >= 0.3 is 5.97 Å². The monoisotopic (exact) mass is 1200 g/mol. The molecule has 0 aliphatic carbocycles. The molecule has 22 nitrogen and oxygen atoms in total. The van der Waals surface area contributed by atoms with E-state index in [2.05, 4.69) is 5.32 Å². The summed E-state index contributed by atoms with van der Waals surface area (Å²) in [5, 5.41) is 114. The molecule has 19 atom stereocenters. The number of aliphatic hydroxyl groups is 10. The molecule has 3 fully saturated rings. The summed E-state index contributed by atoms with van der Waals surface area (Å²) in [6.45, 7) is 6.24. The highest BCUT2D eigenvalue weighted by Gasteiger charge is 2.52. The molecule has 0 saturated carbocycles. The zero-order valence-electron chi connectivity index (χ0n) is 49.3. The highest BCUT2D eigenvalue weighted by Crippen LogP contribution is 2.39. The van der Waals surface area contributed by atoms with Crippen LogP contribution in [-0.4, -0.2) is 210 Å². The second-order valence-corrected chi connectivity index (χ2v) is 23.0. The Bertz CT molecular complexity index is 2440. The van der Waals surface area contributed by atoms with Crippen LogP contribution < -0.4 is 11.1 Å².